The van der Waals surface area contributed by atoms with Gasteiger partial charge in [0.25, 0.3) is 0 Å². The van der Waals surface area contributed by atoms with Gasteiger partial charge in [-0.2, -0.15) is 24.1 Å². The molecule has 30 nitrogen and oxygen atoms in total. The number of nitrogen functional groups attached to an aromatic ring is 1. The number of fused-ring (bicyclic) bond motifs is 9. The quantitative estimate of drug-likeness (QED) is 0.0155. The lowest BCUT2D eigenvalue weighted by Crippen LogP contribution is -2.45. The molecule has 108 heavy (non-hydrogen) atoms. The highest BCUT2D eigenvalue weighted by molar-refractivity contribution is 8.24. The summed E-state index contributed by atoms with van der Waals surface area (Å²) in [6.45, 7) is 18.3. The Bertz CT molecular complexity index is 4950. The number of hydrogen-bond donors (Lipinski definition) is 7. The van der Waals surface area contributed by atoms with Crippen LogP contribution in [-0.2, 0) is 38.1 Å². The highest BCUT2D eigenvalue weighted by Gasteiger charge is 2.22. The Kier molecular flexibility index (Phi) is 41.8. The van der Waals surface area contributed by atoms with Crippen LogP contribution in [0.5, 0.6) is 0 Å². The van der Waals surface area contributed by atoms with E-state index in [1.54, 1.807) is 60.8 Å². The number of likely N-dealkylation sites (N-methyl/N-ethyl adjacent to an activating group) is 2. The fourth-order valence-electron chi connectivity index (χ4n) is 8.89. The van der Waals surface area contributed by atoms with Gasteiger partial charge in [0.15, 0.2) is 34.4 Å². The molecule has 9 N–H and O–H groups in total. The zero-order chi connectivity index (χ0) is 79.7. The van der Waals surface area contributed by atoms with Crippen LogP contribution in [0.4, 0.5) is 26.9 Å². The number of aliphatic hydroxyl groups excluding tert-OH is 1. The first-order chi connectivity index (χ1) is 50.8. The summed E-state index contributed by atoms with van der Waals surface area (Å²) in [7, 11) is 6.76. The van der Waals surface area contributed by atoms with Gasteiger partial charge in [-0.15, -0.1) is 15.3 Å². The van der Waals surface area contributed by atoms with Crippen molar-refractivity contribution >= 4 is 205 Å². The molecule has 11 aromatic rings. The number of nitrogens with zero attached hydrogens (tertiary/aromatic N) is 16. The third kappa shape index (κ3) is 30.8. The Labute approximate surface area is 672 Å². The summed E-state index contributed by atoms with van der Waals surface area (Å²) in [4.78, 5) is 74.2. The largest absolute Gasteiger partial charge is 0.457 e. The SMILES string of the molecule is C.CCC(=O)NN.CCO.CCc1nc2c3cc(Cl)ccc3[nH]c(=O)n2n1.CCc1nc2c3cc(Cl)ccc3nc(Cl)n2n1.CCc1nc2c3cc(Cl)ccc3nc(N3CCN(C)CC3)n2n1.CN1CCNCC1.COC(=O)Cl.COC(=O)Nc1ccc(Cl)cc1C#N.N#Cc1cc(Cl)ccc1N.O=P(Cl)(Cl)Cl. The molecule has 0 aliphatic carbocycles. The predicted molar refractivity (Wildman–Crippen MR) is 434 cm³/mol. The maximum Gasteiger partial charge on any atom is 0.411 e. The number of anilines is 3. The van der Waals surface area contributed by atoms with Crippen molar-refractivity contribution in [3.63, 3.8) is 0 Å². The summed E-state index contributed by atoms with van der Waals surface area (Å²) in [5.74, 6) is 7.63. The summed E-state index contributed by atoms with van der Waals surface area (Å²) < 4.78 is 22.5. The first kappa shape index (κ1) is 94.3. The van der Waals surface area contributed by atoms with Crippen LogP contribution in [0.2, 0.25) is 30.4 Å². The van der Waals surface area contributed by atoms with Crippen molar-refractivity contribution in [2.45, 2.75) is 67.7 Å². The fourth-order valence-corrected chi connectivity index (χ4v) is 9.96. The molecule has 0 saturated carbocycles. The molecule has 13 rings (SSSR count). The van der Waals surface area contributed by atoms with Gasteiger partial charge < -0.3 is 45.3 Å². The smallest absolute Gasteiger partial charge is 0.411 e. The molecule has 0 atom stereocenters. The first-order valence-corrected chi connectivity index (χ1v) is 39.2. The van der Waals surface area contributed by atoms with E-state index in [4.69, 9.17) is 96.0 Å². The topological polar surface area (TPSA) is 402 Å². The van der Waals surface area contributed by atoms with E-state index in [0.717, 1.165) is 103 Å². The third-order valence-corrected chi connectivity index (χ3v) is 15.8. The highest BCUT2D eigenvalue weighted by atomic mass is 36.0. The number of ether oxygens (including phenoxy) is 2. The van der Waals surface area contributed by atoms with E-state index in [1.807, 2.05) is 66.3 Å². The molecule has 0 bridgehead atoms. The van der Waals surface area contributed by atoms with Crippen molar-refractivity contribution < 1.29 is 33.5 Å². The van der Waals surface area contributed by atoms with Gasteiger partial charge in [0.05, 0.1) is 47.6 Å². The van der Waals surface area contributed by atoms with Gasteiger partial charge in [0, 0.05) is 143 Å². The number of rotatable bonds is 6. The number of hydrazine groups is 1. The number of aromatic amines is 1. The van der Waals surface area contributed by atoms with E-state index in [0.29, 0.717) is 88.4 Å². The number of aliphatic hydroxyl groups is 1. The molecule has 0 unspecified atom stereocenters. The van der Waals surface area contributed by atoms with Gasteiger partial charge in [-0.25, -0.2) is 45.1 Å². The van der Waals surface area contributed by atoms with Gasteiger partial charge in [-0.05, 0) is 157 Å². The maximum atomic E-state index is 11.8. The number of hydrogen-bond acceptors (Lipinski definition) is 24. The van der Waals surface area contributed by atoms with Crippen LogP contribution in [-0.4, -0.2) is 178 Å². The summed E-state index contributed by atoms with van der Waals surface area (Å²) in [6, 6.07) is 29.7. The number of aryl methyl sites for hydroxylation is 3. The first-order valence-electron chi connectivity index (χ1n) is 32.1. The minimum atomic E-state index is -3.22. The normalized spacial score (nSPS) is 12.2. The number of benzene rings is 5. The molecule has 2 amide bonds. The number of methoxy groups -OCH3 is 2. The second-order valence-electron chi connectivity index (χ2n) is 21.8. The molecule has 41 heteroatoms. The Balaban J connectivity index is 0.000000327. The number of amides is 2. The van der Waals surface area contributed by atoms with E-state index in [2.05, 4.69) is 147 Å². The molecule has 582 valence electrons. The minimum absolute atomic E-state index is 0. The van der Waals surface area contributed by atoms with Crippen molar-refractivity contribution in [1.82, 2.24) is 79.3 Å². The van der Waals surface area contributed by atoms with Crippen molar-refractivity contribution in [2.24, 2.45) is 5.84 Å². The zero-order valence-corrected chi connectivity index (χ0v) is 67.6. The fraction of sp³-hybridized carbons (Fsp3) is 0.343. The van der Waals surface area contributed by atoms with E-state index in [1.165, 1.54) is 50.0 Å². The van der Waals surface area contributed by atoms with Crippen LogP contribution in [0.25, 0.3) is 49.7 Å². The van der Waals surface area contributed by atoms with E-state index >= 15 is 0 Å². The lowest BCUT2D eigenvalue weighted by molar-refractivity contribution is -0.120. The maximum absolute atomic E-state index is 11.8. The standard InChI is InChI=1S/C16H19ClN6.C11H8Cl2N4.C11H9ClN4O.C9H7ClN2O2.C7H5ClN2.C5H12N2.C3H8N2O.C2H3ClO2.C2H6O.CH4.Cl3OP/c1-3-14-19-15-12-10-11(17)4-5-13(12)18-16(23(15)20-14)22-8-6-21(2)7-9-22;1-2-9-15-10-7-5-6(12)3-4-8(7)14-11(13)17(10)16-9;1-2-9-14-10-7-5-6(12)3-4-8(7)13-11(17)16(10)15-9;1-14-9(13)12-8-3-2-7(10)4-6(8)5-11;8-6-1-2-7(10)5(3-6)4-9;1-7-4-2-6-3-5-7;1-2-3(6)5-4;1-5-2(3)4;1-2-3;;1-5(2,3)4/h4-5,10H,3,6-9H2,1-2H3;3-5H,2H2,1H3;3-5H,2H2,1H3,(H,13,17);2-4H,1H3,(H,12,13);1-3H,10H2;6H,2-5H2,1H3;2,4H2,1H3,(H,5,6);1H3;3H,2H2,1H3;1H4;. The number of aromatic nitrogens is 12. The van der Waals surface area contributed by atoms with Crippen LogP contribution in [0.1, 0.15) is 77.1 Å². The third-order valence-electron chi connectivity index (χ3n) is 14.2. The van der Waals surface area contributed by atoms with Gasteiger partial charge in [0.2, 0.25) is 17.1 Å². The predicted octanol–water partition coefficient (Wildman–Crippen LogP) is 14.7. The van der Waals surface area contributed by atoms with E-state index in [9.17, 15) is 23.7 Å². The highest BCUT2D eigenvalue weighted by Crippen LogP contribution is 2.61. The number of nitrogens with one attached hydrogen (secondary N) is 4. The van der Waals surface area contributed by atoms with Crippen LogP contribution in [0.15, 0.2) is 95.8 Å². The Hall–Kier alpha value is -7.95. The molecule has 0 spiro atoms. The molecule has 6 aromatic heterocycles. The lowest BCUT2D eigenvalue weighted by Gasteiger charge is -2.33. The Morgan fingerprint density at radius 1 is 0.611 bits per heavy atom. The van der Waals surface area contributed by atoms with Gasteiger partial charge >= 0.3 is 22.4 Å². The average Bonchev–Trinajstić information content (AvgIpc) is 1.59. The van der Waals surface area contributed by atoms with E-state index < -0.39 is 16.7 Å². The Morgan fingerprint density at radius 3 is 1.46 bits per heavy atom. The van der Waals surface area contributed by atoms with Crippen LogP contribution >= 0.6 is 120 Å². The molecule has 2 saturated heterocycles. The van der Waals surface area contributed by atoms with Crippen molar-refractivity contribution in [2.75, 3.05) is 103 Å². The average molecular weight is 1710 g/mol. The van der Waals surface area contributed by atoms with Crippen molar-refractivity contribution in [3.8, 4) is 12.1 Å². The number of nitrogens with two attached hydrogens (primary N) is 2. The second kappa shape index (κ2) is 47.9. The van der Waals surface area contributed by atoms with Crippen LogP contribution < -0.4 is 38.2 Å². The monoisotopic (exact) mass is 1700 g/mol. The Morgan fingerprint density at radius 2 is 1.03 bits per heavy atom. The molecule has 2 aliphatic rings. The number of nitriles is 2. The van der Waals surface area contributed by atoms with Crippen LogP contribution in [0, 0.1) is 22.7 Å². The number of halogens is 10. The van der Waals surface area contributed by atoms with Crippen molar-refractivity contribution in [1.29, 1.82) is 10.5 Å². The summed E-state index contributed by atoms with van der Waals surface area (Å²) >= 11 is 53.9. The molecular formula is C67H81Cl10N22O8P. The number of H-pyrrole nitrogens is 1. The molecule has 0 radical (unpaired) electrons. The number of piperazine rings is 2. The number of carbonyl (C=O) groups is 3. The zero-order valence-electron chi connectivity index (χ0n) is 59.2. The summed E-state index contributed by atoms with van der Waals surface area (Å²) in [5, 5.41) is 46.1. The lowest BCUT2D eigenvalue weighted by atomic mass is 10.2. The van der Waals surface area contributed by atoms with Gasteiger partial charge in [0.1, 0.15) is 12.1 Å². The molecule has 5 aromatic carbocycles. The molecule has 2 fully saturated rings. The number of carbonyl (C=O) groups excluding carboxylic acids is 3. The van der Waals surface area contributed by atoms with E-state index in [-0.39, 0.29) is 25.6 Å². The van der Waals surface area contributed by atoms with Gasteiger partial charge in [-0.3, -0.25) is 20.1 Å². The molecular weight excluding hydrogens is 1630 g/mol. The minimum Gasteiger partial charge on any atom is -0.457 e. The van der Waals surface area contributed by atoms with Crippen molar-refractivity contribution in [3.05, 3.63) is 160 Å². The van der Waals surface area contributed by atoms with Gasteiger partial charge in [-0.1, -0.05) is 93.1 Å². The second-order valence-corrected chi connectivity index (χ2v) is 31.2. The summed E-state index contributed by atoms with van der Waals surface area (Å²) in [5.41, 5.74) is 12.4. The summed E-state index contributed by atoms with van der Waals surface area (Å²) in [6.07, 6.45) is 2.06. The molecule has 8 heterocycles. The molecule has 2 aliphatic heterocycles. The van der Waals surface area contributed by atoms with Crippen LogP contribution in [0.3, 0.4) is 0 Å².